The molecule has 7 nitrogen and oxygen atoms in total. The highest BCUT2D eigenvalue weighted by atomic mass is 19.2. The Balaban J connectivity index is 1.33. The van der Waals surface area contributed by atoms with Crippen LogP contribution in [0.5, 0.6) is 11.5 Å². The molecule has 0 bridgehead atoms. The van der Waals surface area contributed by atoms with Gasteiger partial charge < -0.3 is 10.5 Å². The topological polar surface area (TPSA) is 98.4 Å². The van der Waals surface area contributed by atoms with E-state index in [0.717, 1.165) is 35.2 Å². The molecule has 0 unspecified atom stereocenters. The summed E-state index contributed by atoms with van der Waals surface area (Å²) < 4.78 is 62.0. The molecule has 2 amide bonds. The Morgan fingerprint density at radius 1 is 0.786 bits per heavy atom. The van der Waals surface area contributed by atoms with Crippen LogP contribution in [0.1, 0.15) is 12.8 Å². The average molecular weight is 573 g/mol. The van der Waals surface area contributed by atoms with Crippen LogP contribution in [0, 0.1) is 28.7 Å². The third-order valence-corrected chi connectivity index (χ3v) is 7.12. The highest BCUT2D eigenvalue weighted by Gasteiger charge is 2.57. The van der Waals surface area contributed by atoms with Gasteiger partial charge in [-0.25, -0.2) is 17.6 Å². The summed E-state index contributed by atoms with van der Waals surface area (Å²) in [5.74, 6) is -4.75. The lowest BCUT2D eigenvalue weighted by Crippen LogP contribution is -2.41. The van der Waals surface area contributed by atoms with Crippen LogP contribution in [0.3, 0.4) is 0 Å². The van der Waals surface area contributed by atoms with E-state index in [1.807, 2.05) is 0 Å². The second kappa shape index (κ2) is 10.3. The number of hydrogen-bond acceptors (Lipinski definition) is 5. The molecular formula is C31H20F4N4O3. The SMILES string of the molecule is NC(=O)C1(C(=O)N(c2ccc(F)cc2)c2ccc(Oc3ccnc4cc(-c5ccc(F)c(F)c5)ncc34)c(F)c2)CC1. The molecule has 1 saturated carbocycles. The summed E-state index contributed by atoms with van der Waals surface area (Å²) in [6, 6.07) is 15.3. The zero-order valence-corrected chi connectivity index (χ0v) is 21.7. The molecule has 2 N–H and O–H groups in total. The number of hydrogen-bond donors (Lipinski definition) is 1. The number of carbonyl (C=O) groups excluding carboxylic acids is 2. The molecule has 6 rings (SSSR count). The number of nitrogens with two attached hydrogens (primary N) is 1. The molecule has 1 aliphatic rings. The Hall–Kier alpha value is -5.32. The fraction of sp³-hybridized carbons (Fsp3) is 0.0968. The molecule has 0 atom stereocenters. The van der Waals surface area contributed by atoms with Gasteiger partial charge in [0.1, 0.15) is 17.0 Å². The number of fused-ring (bicyclic) bond motifs is 1. The van der Waals surface area contributed by atoms with E-state index < -0.39 is 40.5 Å². The Morgan fingerprint density at radius 3 is 2.19 bits per heavy atom. The fourth-order valence-electron chi connectivity index (χ4n) is 4.63. The van der Waals surface area contributed by atoms with Crippen LogP contribution in [-0.2, 0) is 9.59 Å². The first kappa shape index (κ1) is 26.9. The number of aromatic nitrogens is 2. The van der Waals surface area contributed by atoms with E-state index in [-0.39, 0.29) is 35.7 Å². The van der Waals surface area contributed by atoms with Crippen LogP contribution in [0.25, 0.3) is 22.2 Å². The molecule has 3 aromatic carbocycles. The number of nitrogens with zero attached hydrogens (tertiary/aromatic N) is 3. The third kappa shape index (κ3) is 4.78. The first-order chi connectivity index (χ1) is 20.2. The van der Waals surface area contributed by atoms with Crippen LogP contribution in [0.15, 0.2) is 85.2 Å². The van der Waals surface area contributed by atoms with Gasteiger partial charge in [-0.3, -0.25) is 24.5 Å². The minimum absolute atomic E-state index is 0.0846. The number of primary amides is 1. The molecule has 0 saturated heterocycles. The van der Waals surface area contributed by atoms with Gasteiger partial charge in [0.15, 0.2) is 23.2 Å². The third-order valence-electron chi connectivity index (χ3n) is 7.12. The fourth-order valence-corrected chi connectivity index (χ4v) is 4.63. The molecule has 2 heterocycles. The summed E-state index contributed by atoms with van der Waals surface area (Å²) in [6.07, 6.45) is 3.37. The normalized spacial score (nSPS) is 13.5. The van der Waals surface area contributed by atoms with Crippen molar-refractivity contribution in [3.63, 3.8) is 0 Å². The Bertz CT molecular complexity index is 1880. The van der Waals surface area contributed by atoms with Crippen molar-refractivity contribution in [2.45, 2.75) is 12.8 Å². The van der Waals surface area contributed by atoms with Crippen molar-refractivity contribution in [3.8, 4) is 22.8 Å². The minimum Gasteiger partial charge on any atom is -0.453 e. The highest BCUT2D eigenvalue weighted by molar-refractivity contribution is 6.16. The molecule has 5 aromatic rings. The predicted octanol–water partition coefficient (Wildman–Crippen LogP) is 6.58. The van der Waals surface area contributed by atoms with Crippen LogP contribution in [0.4, 0.5) is 28.9 Å². The standard InChI is InChI=1S/C31H20F4N4O3/c32-18-2-4-19(5-3-18)39(30(41)31(10-11-31)29(36)40)20-6-8-28(24(35)14-20)42-27-9-12-37-26-15-25(38-16-21(26)27)17-1-7-22(33)23(34)13-17/h1-9,12-16H,10-11H2,(H2,36,40). The maximum Gasteiger partial charge on any atom is 0.247 e. The van der Waals surface area contributed by atoms with Crippen molar-refractivity contribution in [2.24, 2.45) is 11.1 Å². The maximum absolute atomic E-state index is 15.5. The van der Waals surface area contributed by atoms with E-state index in [4.69, 9.17) is 10.5 Å². The van der Waals surface area contributed by atoms with Gasteiger partial charge in [0.2, 0.25) is 11.8 Å². The van der Waals surface area contributed by atoms with Gasteiger partial charge in [-0.05, 0) is 79.6 Å². The van der Waals surface area contributed by atoms with Gasteiger partial charge in [-0.2, -0.15) is 0 Å². The number of halogens is 4. The second-order valence-corrected chi connectivity index (χ2v) is 9.80. The summed E-state index contributed by atoms with van der Waals surface area (Å²) in [5, 5.41) is 0.424. The first-order valence-electron chi connectivity index (χ1n) is 12.7. The van der Waals surface area contributed by atoms with Crippen molar-refractivity contribution in [2.75, 3.05) is 4.90 Å². The van der Waals surface area contributed by atoms with E-state index in [0.29, 0.717) is 22.2 Å². The number of benzene rings is 3. The summed E-state index contributed by atoms with van der Waals surface area (Å²) in [5.41, 5.74) is 5.50. The van der Waals surface area contributed by atoms with Gasteiger partial charge >= 0.3 is 0 Å². The number of rotatable bonds is 7. The largest absolute Gasteiger partial charge is 0.453 e. The molecule has 11 heteroatoms. The maximum atomic E-state index is 15.5. The zero-order chi connectivity index (χ0) is 29.6. The summed E-state index contributed by atoms with van der Waals surface area (Å²) in [7, 11) is 0. The van der Waals surface area contributed by atoms with Crippen molar-refractivity contribution in [1.82, 2.24) is 9.97 Å². The number of anilines is 2. The van der Waals surface area contributed by atoms with Crippen molar-refractivity contribution < 1.29 is 31.9 Å². The lowest BCUT2D eigenvalue weighted by atomic mass is 10.0. The van der Waals surface area contributed by atoms with Crippen molar-refractivity contribution in [3.05, 3.63) is 108 Å². The van der Waals surface area contributed by atoms with E-state index in [9.17, 15) is 22.8 Å². The van der Waals surface area contributed by atoms with Crippen LogP contribution < -0.4 is 15.4 Å². The molecule has 0 radical (unpaired) electrons. The average Bonchev–Trinajstić information content (AvgIpc) is 3.79. The van der Waals surface area contributed by atoms with Crippen molar-refractivity contribution in [1.29, 1.82) is 0 Å². The van der Waals surface area contributed by atoms with Gasteiger partial charge in [-0.15, -0.1) is 0 Å². The lowest BCUT2D eigenvalue weighted by Gasteiger charge is -2.26. The lowest BCUT2D eigenvalue weighted by molar-refractivity contribution is -0.133. The number of amides is 2. The smallest absolute Gasteiger partial charge is 0.247 e. The van der Waals surface area contributed by atoms with E-state index in [2.05, 4.69) is 9.97 Å². The van der Waals surface area contributed by atoms with Crippen LogP contribution >= 0.6 is 0 Å². The first-order valence-corrected chi connectivity index (χ1v) is 12.7. The highest BCUT2D eigenvalue weighted by Crippen LogP contribution is 2.49. The number of ether oxygens (including phenoxy) is 1. The summed E-state index contributed by atoms with van der Waals surface area (Å²) in [4.78, 5) is 35.3. The van der Waals surface area contributed by atoms with Crippen molar-refractivity contribution >= 4 is 34.1 Å². The van der Waals surface area contributed by atoms with Gasteiger partial charge in [0, 0.05) is 29.7 Å². The second-order valence-electron chi connectivity index (χ2n) is 9.80. The molecule has 0 aliphatic heterocycles. The van der Waals surface area contributed by atoms with E-state index >= 15 is 4.39 Å². The number of carbonyl (C=O) groups is 2. The minimum atomic E-state index is -1.42. The molecule has 0 spiro atoms. The van der Waals surface area contributed by atoms with Gasteiger partial charge in [-0.1, -0.05) is 0 Å². The molecular weight excluding hydrogens is 552 g/mol. The Labute approximate surface area is 236 Å². The van der Waals surface area contributed by atoms with Crippen LogP contribution in [-0.4, -0.2) is 21.8 Å². The molecule has 210 valence electrons. The predicted molar refractivity (Wildman–Crippen MR) is 146 cm³/mol. The summed E-state index contributed by atoms with van der Waals surface area (Å²) in [6.45, 7) is 0. The van der Waals surface area contributed by atoms with E-state index in [1.165, 1.54) is 48.8 Å². The van der Waals surface area contributed by atoms with Gasteiger partial charge in [0.05, 0.1) is 22.3 Å². The summed E-state index contributed by atoms with van der Waals surface area (Å²) >= 11 is 0. The molecule has 2 aromatic heterocycles. The molecule has 42 heavy (non-hydrogen) atoms. The van der Waals surface area contributed by atoms with E-state index in [1.54, 1.807) is 6.07 Å². The van der Waals surface area contributed by atoms with Gasteiger partial charge in [0.25, 0.3) is 0 Å². The molecule has 1 aliphatic carbocycles. The Morgan fingerprint density at radius 2 is 1.52 bits per heavy atom. The quantitative estimate of drug-likeness (QED) is 0.176. The monoisotopic (exact) mass is 572 g/mol. The zero-order valence-electron chi connectivity index (χ0n) is 21.7. The van der Waals surface area contributed by atoms with Crippen LogP contribution in [0.2, 0.25) is 0 Å². The molecule has 1 fully saturated rings. The Kier molecular flexibility index (Phi) is 6.56. The number of pyridine rings is 2.